The predicted molar refractivity (Wildman–Crippen MR) is 69.4 cm³/mol. The van der Waals surface area contributed by atoms with E-state index in [4.69, 9.17) is 9.83 Å². The first kappa shape index (κ1) is 12.0. The first-order valence-electron chi connectivity index (χ1n) is 4.73. The summed E-state index contributed by atoms with van der Waals surface area (Å²) in [6, 6.07) is 5.87. The monoisotopic (exact) mass is 312 g/mol. The number of nitrogens with one attached hydrogen (secondary N) is 1. The summed E-state index contributed by atoms with van der Waals surface area (Å²) in [7, 11) is 0. The molecule has 0 aliphatic carbocycles. The van der Waals surface area contributed by atoms with Crippen LogP contribution in [0.3, 0.4) is 0 Å². The summed E-state index contributed by atoms with van der Waals surface area (Å²) in [6.07, 6.45) is 3.24. The molecular weight excluding hydrogens is 304 g/mol. The van der Waals surface area contributed by atoms with Gasteiger partial charge in [0.1, 0.15) is 17.3 Å². The highest BCUT2D eigenvalue weighted by Crippen LogP contribution is 2.16. The van der Waals surface area contributed by atoms with Crippen molar-refractivity contribution < 1.29 is 4.42 Å². The van der Waals surface area contributed by atoms with Crippen LogP contribution in [0.15, 0.2) is 35.1 Å². The maximum Gasteiger partial charge on any atom is 0.293 e. The Morgan fingerprint density at radius 2 is 2.24 bits per heavy atom. The molecule has 5 nitrogen and oxygen atoms in total. The van der Waals surface area contributed by atoms with Crippen LogP contribution in [0, 0.1) is 5.41 Å². The Balaban J connectivity index is 0.00000108. The first-order valence-corrected chi connectivity index (χ1v) is 5.46. The summed E-state index contributed by atoms with van der Waals surface area (Å²) in [4.78, 5) is 0. The quantitative estimate of drug-likeness (QED) is 0.788. The smallest absolute Gasteiger partial charge is 0.293 e. The second kappa shape index (κ2) is 4.80. The zero-order valence-corrected chi connectivity index (χ0v) is 11.2. The van der Waals surface area contributed by atoms with Gasteiger partial charge in [-0.1, -0.05) is 12.1 Å². The molecule has 2 aromatic heterocycles. The van der Waals surface area contributed by atoms with Crippen molar-refractivity contribution in [3.63, 3.8) is 0 Å². The minimum Gasteiger partial charge on any atom is -0.432 e. The molecule has 0 spiro atoms. The van der Waals surface area contributed by atoms with Gasteiger partial charge in [0.05, 0.1) is 18.3 Å². The van der Waals surface area contributed by atoms with Crippen molar-refractivity contribution in [2.24, 2.45) is 0 Å². The summed E-state index contributed by atoms with van der Waals surface area (Å²) < 4.78 is 15.1. The Labute approximate surface area is 111 Å². The van der Waals surface area contributed by atoms with E-state index in [1.807, 2.05) is 18.2 Å². The van der Waals surface area contributed by atoms with Gasteiger partial charge in [0.25, 0.3) is 5.68 Å². The maximum atomic E-state index is 7.53. The normalized spacial score (nSPS) is 10.4. The van der Waals surface area contributed by atoms with Gasteiger partial charge < -0.3 is 4.42 Å². The number of benzene rings is 1. The van der Waals surface area contributed by atoms with Crippen molar-refractivity contribution in [1.29, 1.82) is 5.41 Å². The number of aromatic nitrogens is 3. The van der Waals surface area contributed by atoms with Crippen LogP contribution in [0.1, 0.15) is 5.56 Å². The van der Waals surface area contributed by atoms with Crippen molar-refractivity contribution in [2.45, 2.75) is 6.54 Å². The molecule has 0 bridgehead atoms. The molecule has 88 valence electrons. The highest BCUT2D eigenvalue weighted by atomic mass is 79.9. The highest BCUT2D eigenvalue weighted by Gasteiger charge is 2.05. The fourth-order valence-electron chi connectivity index (χ4n) is 1.60. The molecule has 0 radical (unpaired) electrons. The second-order valence-electron chi connectivity index (χ2n) is 3.39. The molecule has 2 heterocycles. The summed E-state index contributed by atoms with van der Waals surface area (Å²) in [6.45, 7) is 0.581. The van der Waals surface area contributed by atoms with Gasteiger partial charge in [0.2, 0.25) is 0 Å². The molecule has 3 rings (SSSR count). The molecule has 0 aliphatic rings. The molecule has 1 N–H and O–H groups in total. The van der Waals surface area contributed by atoms with Gasteiger partial charge in [0, 0.05) is 11.8 Å². The molecule has 0 atom stereocenters. The van der Waals surface area contributed by atoms with E-state index in [2.05, 4.69) is 8.75 Å². The van der Waals surface area contributed by atoms with Crippen molar-refractivity contribution >= 4 is 39.7 Å². The third-order valence-corrected chi connectivity index (χ3v) is 2.93. The lowest BCUT2D eigenvalue weighted by Crippen LogP contribution is -2.14. The van der Waals surface area contributed by atoms with E-state index >= 15 is 0 Å². The largest absolute Gasteiger partial charge is 0.432 e. The molecule has 7 heteroatoms. The third-order valence-electron chi connectivity index (χ3n) is 2.39. The van der Waals surface area contributed by atoms with Crippen LogP contribution in [-0.4, -0.2) is 13.3 Å². The minimum absolute atomic E-state index is 0. The molecule has 0 amide bonds. The molecular formula is C10H9BrN4OS. The standard InChI is InChI=1S/C10H8N4OS.BrH/c11-10-14(4-5-15-10)6-7-2-1-3-8-9(7)13-16-12-8;/h1-5,11H,6H2;1H. The van der Waals surface area contributed by atoms with E-state index in [0.29, 0.717) is 6.54 Å². The lowest BCUT2D eigenvalue weighted by molar-refractivity contribution is 0.458. The number of halogens is 1. The first-order chi connectivity index (χ1) is 7.84. The van der Waals surface area contributed by atoms with Gasteiger partial charge in [-0.2, -0.15) is 8.75 Å². The van der Waals surface area contributed by atoms with E-state index in [9.17, 15) is 0 Å². The average Bonchev–Trinajstić information content (AvgIpc) is 2.89. The SMILES string of the molecule is Br.N=c1occn1Cc1cccc2nsnc12. The Kier molecular flexibility index (Phi) is 3.39. The van der Waals surface area contributed by atoms with E-state index < -0.39 is 0 Å². The summed E-state index contributed by atoms with van der Waals surface area (Å²) in [5, 5.41) is 7.53. The van der Waals surface area contributed by atoms with Crippen LogP contribution in [0.2, 0.25) is 0 Å². The predicted octanol–water partition coefficient (Wildman–Crippen LogP) is 2.19. The molecule has 0 unspecified atom stereocenters. The summed E-state index contributed by atoms with van der Waals surface area (Å²) in [5.74, 6) is 0. The lowest BCUT2D eigenvalue weighted by atomic mass is 10.2. The zero-order chi connectivity index (χ0) is 11.0. The van der Waals surface area contributed by atoms with Crippen molar-refractivity contribution in [1.82, 2.24) is 13.3 Å². The molecule has 1 aromatic carbocycles. The number of hydrogen-bond donors (Lipinski definition) is 1. The number of oxazole rings is 1. The summed E-state index contributed by atoms with van der Waals surface area (Å²) >= 11 is 1.20. The molecule has 0 saturated heterocycles. The van der Waals surface area contributed by atoms with E-state index in [1.54, 1.807) is 10.8 Å². The Bertz CT molecular complexity index is 686. The van der Waals surface area contributed by atoms with Crippen LogP contribution >= 0.6 is 28.7 Å². The van der Waals surface area contributed by atoms with Gasteiger partial charge >= 0.3 is 0 Å². The fourth-order valence-corrected chi connectivity index (χ4v) is 2.17. The number of hydrogen-bond acceptors (Lipinski definition) is 5. The zero-order valence-electron chi connectivity index (χ0n) is 8.66. The van der Waals surface area contributed by atoms with Gasteiger partial charge in [-0.05, 0) is 6.07 Å². The molecule has 0 aliphatic heterocycles. The van der Waals surface area contributed by atoms with Crippen molar-refractivity contribution in [3.8, 4) is 0 Å². The molecule has 3 aromatic rings. The minimum atomic E-state index is 0. The topological polar surface area (TPSA) is 67.7 Å². The van der Waals surface area contributed by atoms with Crippen LogP contribution in [0.5, 0.6) is 0 Å². The van der Waals surface area contributed by atoms with E-state index in [1.165, 1.54) is 18.0 Å². The van der Waals surface area contributed by atoms with Crippen molar-refractivity contribution in [3.05, 3.63) is 41.9 Å². The van der Waals surface area contributed by atoms with Crippen LogP contribution in [-0.2, 0) is 6.54 Å². The number of rotatable bonds is 2. The van der Waals surface area contributed by atoms with Crippen molar-refractivity contribution in [2.75, 3.05) is 0 Å². The lowest BCUT2D eigenvalue weighted by Gasteiger charge is -2.01. The van der Waals surface area contributed by atoms with Gasteiger partial charge in [-0.15, -0.1) is 17.0 Å². The number of nitrogens with zero attached hydrogens (tertiary/aromatic N) is 3. The van der Waals surface area contributed by atoms with Crippen LogP contribution in [0.4, 0.5) is 0 Å². The Hall–Kier alpha value is -1.47. The van der Waals surface area contributed by atoms with Gasteiger partial charge in [-0.25, -0.2) is 0 Å². The molecule has 17 heavy (non-hydrogen) atoms. The van der Waals surface area contributed by atoms with Gasteiger partial charge in [0.15, 0.2) is 0 Å². The molecule has 0 saturated carbocycles. The van der Waals surface area contributed by atoms with Crippen LogP contribution in [0.25, 0.3) is 11.0 Å². The van der Waals surface area contributed by atoms with E-state index in [0.717, 1.165) is 16.6 Å². The van der Waals surface area contributed by atoms with E-state index in [-0.39, 0.29) is 22.7 Å². The Morgan fingerprint density at radius 3 is 3.00 bits per heavy atom. The Morgan fingerprint density at radius 1 is 1.35 bits per heavy atom. The third kappa shape index (κ3) is 2.16. The average molecular weight is 313 g/mol. The van der Waals surface area contributed by atoms with Crippen LogP contribution < -0.4 is 5.68 Å². The van der Waals surface area contributed by atoms with Gasteiger partial charge in [-0.3, -0.25) is 9.98 Å². The molecule has 0 fully saturated rings. The maximum absolute atomic E-state index is 7.53. The summed E-state index contributed by atoms with van der Waals surface area (Å²) in [5.41, 5.74) is 2.99. The number of fused-ring (bicyclic) bond motifs is 1. The second-order valence-corrected chi connectivity index (χ2v) is 3.91. The fraction of sp³-hybridized carbons (Fsp3) is 0.100. The highest BCUT2D eigenvalue weighted by molar-refractivity contribution is 8.93.